The lowest BCUT2D eigenvalue weighted by atomic mass is 10.00. The molecule has 0 aliphatic heterocycles. The van der Waals surface area contributed by atoms with E-state index in [2.05, 4.69) is 88.3 Å². The van der Waals surface area contributed by atoms with Crippen LogP contribution in [0, 0.1) is 17.9 Å². The molecule has 0 fully saturated rings. The summed E-state index contributed by atoms with van der Waals surface area (Å²) in [6, 6.07) is 70.8. The van der Waals surface area contributed by atoms with E-state index in [9.17, 15) is 5.26 Å². The van der Waals surface area contributed by atoms with Crippen molar-refractivity contribution in [3.63, 3.8) is 0 Å². The number of nitrogens with zero attached hydrogens (tertiary/aromatic N) is 8. The Balaban J connectivity index is 1.19. The molecule has 0 atom stereocenters. The average molecular weight is 831 g/mol. The van der Waals surface area contributed by atoms with E-state index in [4.69, 9.17) is 31.5 Å². The predicted molar refractivity (Wildman–Crippen MR) is 259 cm³/mol. The maximum absolute atomic E-state index is 9.80. The van der Waals surface area contributed by atoms with Crippen LogP contribution >= 0.6 is 0 Å². The summed E-state index contributed by atoms with van der Waals surface area (Å²) in [4.78, 5) is 29.5. The van der Waals surface area contributed by atoms with Crippen molar-refractivity contribution in [1.29, 1.82) is 5.26 Å². The number of fused-ring (bicyclic) bond motifs is 3. The molecule has 0 spiro atoms. The molecule has 8 heteroatoms. The standard InChI is InChI=1S/C57H34N8/c1-59-45-31-37(36-58)30-44(32-45)42-26-28-52-47(33-42)46-24-14-15-25-51(46)65(52)53-29-27-43(56-63-54(40-20-10-4-11-21-40)62-55(64-56)41-22-12-5-13-23-41)34-48(53)57-60-49(38-16-6-2-7-17-38)35-50(61-57)39-18-8-3-9-19-39/h2-35H. The first-order valence-electron chi connectivity index (χ1n) is 21.1. The quantitative estimate of drug-likeness (QED) is 0.141. The van der Waals surface area contributed by atoms with Crippen molar-refractivity contribution in [1.82, 2.24) is 29.5 Å². The van der Waals surface area contributed by atoms with E-state index in [1.54, 1.807) is 6.07 Å². The van der Waals surface area contributed by atoms with Crippen LogP contribution in [-0.2, 0) is 0 Å². The van der Waals surface area contributed by atoms with Gasteiger partial charge < -0.3 is 4.57 Å². The van der Waals surface area contributed by atoms with Crippen LogP contribution in [-0.4, -0.2) is 29.5 Å². The minimum Gasteiger partial charge on any atom is -0.309 e. The summed E-state index contributed by atoms with van der Waals surface area (Å²) in [6.45, 7) is 7.69. The Kier molecular flexibility index (Phi) is 9.78. The van der Waals surface area contributed by atoms with Gasteiger partial charge in [0.2, 0.25) is 0 Å². The van der Waals surface area contributed by atoms with Gasteiger partial charge in [-0.2, -0.15) is 5.26 Å². The molecule has 8 nitrogen and oxygen atoms in total. The third-order valence-electron chi connectivity index (χ3n) is 11.5. The molecule has 11 rings (SSSR count). The van der Waals surface area contributed by atoms with Gasteiger partial charge in [-0.15, -0.1) is 0 Å². The molecule has 3 aromatic heterocycles. The third kappa shape index (κ3) is 7.34. The fourth-order valence-electron chi connectivity index (χ4n) is 8.39. The second kappa shape index (κ2) is 16.5. The molecule has 0 amide bonds. The number of rotatable bonds is 8. The summed E-state index contributed by atoms with van der Waals surface area (Å²) in [7, 11) is 0. The Hall–Kier alpha value is -9.37. The molecule has 3 heterocycles. The van der Waals surface area contributed by atoms with E-state index in [1.165, 1.54) is 0 Å². The van der Waals surface area contributed by atoms with E-state index in [0.717, 1.165) is 83.4 Å². The number of hydrogen-bond donors (Lipinski definition) is 0. The monoisotopic (exact) mass is 830 g/mol. The zero-order chi connectivity index (χ0) is 43.7. The fraction of sp³-hybridized carbons (Fsp3) is 0. The summed E-state index contributed by atoms with van der Waals surface area (Å²) in [5.41, 5.74) is 12.2. The van der Waals surface area contributed by atoms with Crippen molar-refractivity contribution < 1.29 is 0 Å². The normalized spacial score (nSPS) is 11.0. The largest absolute Gasteiger partial charge is 0.309 e. The topological polar surface area (TPSA) is 97.5 Å². The average Bonchev–Trinajstić information content (AvgIpc) is 3.72. The molecule has 0 radical (unpaired) electrons. The van der Waals surface area contributed by atoms with Crippen molar-refractivity contribution in [3.8, 4) is 90.9 Å². The van der Waals surface area contributed by atoms with Gasteiger partial charge in [0, 0.05) is 49.7 Å². The zero-order valence-electron chi connectivity index (χ0n) is 34.7. The summed E-state index contributed by atoms with van der Waals surface area (Å²) < 4.78 is 2.27. The highest BCUT2D eigenvalue weighted by Gasteiger charge is 2.22. The molecule has 8 aromatic carbocycles. The Morgan fingerprint density at radius 3 is 1.51 bits per heavy atom. The van der Waals surface area contributed by atoms with Crippen molar-refractivity contribution in [3.05, 3.63) is 223 Å². The number of aromatic nitrogens is 6. The number of hydrogen-bond acceptors (Lipinski definition) is 6. The van der Waals surface area contributed by atoms with Crippen LogP contribution in [0.1, 0.15) is 5.56 Å². The second-order valence-corrected chi connectivity index (χ2v) is 15.5. The predicted octanol–water partition coefficient (Wildman–Crippen LogP) is 13.9. The lowest BCUT2D eigenvalue weighted by Crippen LogP contribution is -2.04. The molecule has 0 unspecified atom stereocenters. The zero-order valence-corrected chi connectivity index (χ0v) is 34.7. The van der Waals surface area contributed by atoms with Crippen LogP contribution in [0.4, 0.5) is 5.69 Å². The highest BCUT2D eigenvalue weighted by Crippen LogP contribution is 2.40. The van der Waals surface area contributed by atoms with Gasteiger partial charge in [0.05, 0.1) is 40.8 Å². The van der Waals surface area contributed by atoms with E-state index >= 15 is 0 Å². The van der Waals surface area contributed by atoms with Gasteiger partial charge in [-0.3, -0.25) is 0 Å². The van der Waals surface area contributed by atoms with E-state index in [1.807, 2.05) is 127 Å². The Bertz CT molecular complexity index is 3520. The van der Waals surface area contributed by atoms with Gasteiger partial charge in [-0.25, -0.2) is 29.8 Å². The fourth-order valence-corrected chi connectivity index (χ4v) is 8.39. The van der Waals surface area contributed by atoms with Gasteiger partial charge in [-0.05, 0) is 71.8 Å². The lowest BCUT2D eigenvalue weighted by Gasteiger charge is -2.17. The van der Waals surface area contributed by atoms with Crippen molar-refractivity contribution in [2.75, 3.05) is 0 Å². The summed E-state index contributed by atoms with van der Waals surface area (Å²) in [6.07, 6.45) is 0. The number of para-hydroxylation sites is 1. The van der Waals surface area contributed by atoms with Gasteiger partial charge in [0.25, 0.3) is 0 Å². The molecule has 0 saturated heterocycles. The molecule has 0 bridgehead atoms. The molecule has 302 valence electrons. The minimum absolute atomic E-state index is 0.420. The van der Waals surface area contributed by atoms with E-state index < -0.39 is 0 Å². The third-order valence-corrected chi connectivity index (χ3v) is 11.5. The summed E-state index contributed by atoms with van der Waals surface area (Å²) >= 11 is 0. The van der Waals surface area contributed by atoms with E-state index in [0.29, 0.717) is 34.5 Å². The van der Waals surface area contributed by atoms with Gasteiger partial charge in [0.1, 0.15) is 0 Å². The van der Waals surface area contributed by atoms with Gasteiger partial charge >= 0.3 is 0 Å². The van der Waals surface area contributed by atoms with Crippen LogP contribution in [0.25, 0.3) is 112 Å². The maximum atomic E-state index is 9.80. The van der Waals surface area contributed by atoms with Crippen LogP contribution < -0.4 is 0 Å². The summed E-state index contributed by atoms with van der Waals surface area (Å²) in [5, 5.41) is 11.9. The maximum Gasteiger partial charge on any atom is 0.189 e. The Morgan fingerprint density at radius 1 is 0.400 bits per heavy atom. The van der Waals surface area contributed by atoms with Gasteiger partial charge in [-0.1, -0.05) is 146 Å². The molecule has 65 heavy (non-hydrogen) atoms. The van der Waals surface area contributed by atoms with Crippen molar-refractivity contribution in [2.24, 2.45) is 0 Å². The number of nitriles is 1. The van der Waals surface area contributed by atoms with Crippen LogP contribution in [0.15, 0.2) is 206 Å². The molecular weight excluding hydrogens is 797 g/mol. The first-order valence-corrected chi connectivity index (χ1v) is 21.1. The molecule has 0 aliphatic carbocycles. The highest BCUT2D eigenvalue weighted by atomic mass is 15.0. The van der Waals surface area contributed by atoms with Crippen molar-refractivity contribution >= 4 is 27.5 Å². The minimum atomic E-state index is 0.420. The molecule has 0 saturated carbocycles. The van der Waals surface area contributed by atoms with Crippen LogP contribution in [0.3, 0.4) is 0 Å². The molecule has 11 aromatic rings. The second-order valence-electron chi connectivity index (χ2n) is 15.5. The SMILES string of the molecule is [C-]#[N+]c1cc(C#N)cc(-c2ccc3c(c2)c2ccccc2n3-c2ccc(-c3nc(-c4ccccc4)nc(-c4ccccc4)n3)cc2-c2nc(-c3ccccc3)cc(-c3ccccc3)n2)c1. The molecule has 0 aliphatic rings. The van der Waals surface area contributed by atoms with Crippen LogP contribution in [0.2, 0.25) is 0 Å². The summed E-state index contributed by atoms with van der Waals surface area (Å²) in [5.74, 6) is 2.18. The van der Waals surface area contributed by atoms with Crippen molar-refractivity contribution in [2.45, 2.75) is 0 Å². The Labute approximate surface area is 374 Å². The van der Waals surface area contributed by atoms with Gasteiger partial charge in [0.15, 0.2) is 29.0 Å². The number of benzene rings is 8. The highest BCUT2D eigenvalue weighted by molar-refractivity contribution is 6.11. The molecule has 0 N–H and O–H groups in total. The first kappa shape index (κ1) is 38.5. The lowest BCUT2D eigenvalue weighted by molar-refractivity contribution is 1.07. The van der Waals surface area contributed by atoms with Crippen LogP contribution in [0.5, 0.6) is 0 Å². The smallest absolute Gasteiger partial charge is 0.189 e. The Morgan fingerprint density at radius 2 is 0.923 bits per heavy atom. The molecular formula is C57H34N8. The first-order chi connectivity index (χ1) is 32.1. The van der Waals surface area contributed by atoms with E-state index in [-0.39, 0.29) is 0 Å².